The number of benzene rings is 4. The number of ether oxygens (including phenoxy) is 1. The molecule has 0 aliphatic carbocycles. The smallest absolute Gasteiger partial charge is 0.341 e. The highest BCUT2D eigenvalue weighted by Gasteiger charge is 2.17. The molecule has 10 heteroatoms. The van der Waals surface area contributed by atoms with Gasteiger partial charge in [-0.25, -0.2) is 4.79 Å². The monoisotopic (exact) mass is 629 g/mol. The number of carboxylic acids is 1. The summed E-state index contributed by atoms with van der Waals surface area (Å²) in [7, 11) is 1.23. The third kappa shape index (κ3) is 7.51. The fourth-order valence-electron chi connectivity index (χ4n) is 5.15. The molecule has 2 N–H and O–H groups in total. The number of carbonyl (C=O) groups excluding carboxylic acids is 2. The van der Waals surface area contributed by atoms with Crippen LogP contribution in [0.3, 0.4) is 0 Å². The summed E-state index contributed by atoms with van der Waals surface area (Å²) in [6, 6.07) is 33.7. The van der Waals surface area contributed by atoms with E-state index in [9.17, 15) is 29.1 Å². The molecule has 6 rings (SSSR count). The SMILES string of the molecule is COC(=O)CNC(=O)c1cn(Cc2ccccc2)c2ccccc2c1=O.O=C(O)c1cn(Cc2ccccc2)c2ccccc2c1=O. The second kappa shape index (κ2) is 14.7. The van der Waals surface area contributed by atoms with Gasteiger partial charge in [0.1, 0.15) is 17.7 Å². The Hall–Kier alpha value is -6.29. The van der Waals surface area contributed by atoms with Crippen molar-refractivity contribution < 1.29 is 24.2 Å². The van der Waals surface area contributed by atoms with E-state index >= 15 is 0 Å². The number of methoxy groups -OCH3 is 1. The van der Waals surface area contributed by atoms with Crippen LogP contribution in [-0.4, -0.2) is 45.7 Å². The van der Waals surface area contributed by atoms with Crippen LogP contribution in [0, 0.1) is 0 Å². The number of aromatic carboxylic acids is 1. The first-order valence-electron chi connectivity index (χ1n) is 14.7. The maximum atomic E-state index is 12.7. The summed E-state index contributed by atoms with van der Waals surface area (Å²) in [6.07, 6.45) is 2.95. The third-order valence-corrected chi connectivity index (χ3v) is 7.46. The van der Waals surface area contributed by atoms with E-state index in [1.807, 2.05) is 89.5 Å². The van der Waals surface area contributed by atoms with Crippen molar-refractivity contribution in [2.24, 2.45) is 0 Å². The van der Waals surface area contributed by atoms with Crippen molar-refractivity contribution in [2.45, 2.75) is 13.1 Å². The molecular formula is C37H31N3O7. The maximum absolute atomic E-state index is 12.7. The van der Waals surface area contributed by atoms with Gasteiger partial charge in [-0.2, -0.15) is 0 Å². The Bertz CT molecular complexity index is 2190. The standard InChI is InChI=1S/C20H18N2O4.C17H13NO3/c1-26-18(23)11-21-20(25)16-13-22(12-14-7-3-2-4-8-14)17-10-6-5-9-15(17)19(16)24;19-16-13-8-4-5-9-15(13)18(11-14(16)17(20)21)10-12-6-2-1-3-7-12/h2-10,13H,11-12H2,1H3,(H,21,25);1-9,11H,10H2,(H,20,21). The van der Waals surface area contributed by atoms with E-state index in [2.05, 4.69) is 10.1 Å². The van der Waals surface area contributed by atoms with E-state index in [1.54, 1.807) is 28.8 Å². The number of hydrogen-bond donors (Lipinski definition) is 2. The number of fused-ring (bicyclic) bond motifs is 2. The lowest BCUT2D eigenvalue weighted by Crippen LogP contribution is -2.34. The molecule has 2 aromatic heterocycles. The number of rotatable bonds is 8. The van der Waals surface area contributed by atoms with Gasteiger partial charge in [-0.1, -0.05) is 84.9 Å². The normalized spacial score (nSPS) is 10.6. The number of nitrogens with one attached hydrogen (secondary N) is 1. The average Bonchev–Trinajstić information content (AvgIpc) is 3.10. The molecule has 236 valence electrons. The fraction of sp³-hybridized carbons (Fsp3) is 0.108. The molecule has 47 heavy (non-hydrogen) atoms. The van der Waals surface area contributed by atoms with Gasteiger partial charge in [0, 0.05) is 36.3 Å². The van der Waals surface area contributed by atoms with Crippen LogP contribution in [0.25, 0.3) is 21.8 Å². The van der Waals surface area contributed by atoms with Gasteiger partial charge >= 0.3 is 11.9 Å². The van der Waals surface area contributed by atoms with Gasteiger partial charge in [0.2, 0.25) is 10.9 Å². The number of pyridine rings is 2. The van der Waals surface area contributed by atoms with E-state index in [0.717, 1.165) is 22.2 Å². The minimum atomic E-state index is -1.20. The van der Waals surface area contributed by atoms with E-state index in [1.165, 1.54) is 19.5 Å². The molecule has 6 aromatic rings. The zero-order valence-electron chi connectivity index (χ0n) is 25.5. The first-order chi connectivity index (χ1) is 22.8. The van der Waals surface area contributed by atoms with Crippen LogP contribution >= 0.6 is 0 Å². The molecule has 0 bridgehead atoms. The van der Waals surface area contributed by atoms with Crippen molar-refractivity contribution in [3.63, 3.8) is 0 Å². The van der Waals surface area contributed by atoms with Gasteiger partial charge in [-0.15, -0.1) is 0 Å². The maximum Gasteiger partial charge on any atom is 0.341 e. The van der Waals surface area contributed by atoms with Crippen molar-refractivity contribution >= 4 is 39.7 Å². The number of carboxylic acid groups (broad SMARTS) is 1. The van der Waals surface area contributed by atoms with Gasteiger partial charge in [0.05, 0.1) is 18.1 Å². The Morgan fingerprint density at radius 3 is 1.53 bits per heavy atom. The number of hydrogen-bond acceptors (Lipinski definition) is 6. The van der Waals surface area contributed by atoms with E-state index in [0.29, 0.717) is 23.9 Å². The van der Waals surface area contributed by atoms with Crippen molar-refractivity contribution in [2.75, 3.05) is 13.7 Å². The molecule has 1 amide bonds. The predicted molar refractivity (Wildman–Crippen MR) is 179 cm³/mol. The Balaban J connectivity index is 0.000000189. The third-order valence-electron chi connectivity index (χ3n) is 7.46. The minimum absolute atomic E-state index is 0.0106. The van der Waals surface area contributed by atoms with Gasteiger partial charge in [0.25, 0.3) is 5.91 Å². The van der Waals surface area contributed by atoms with Crippen LogP contribution in [0.1, 0.15) is 31.8 Å². The van der Waals surface area contributed by atoms with Gasteiger partial charge in [0.15, 0.2) is 0 Å². The van der Waals surface area contributed by atoms with E-state index in [-0.39, 0.29) is 23.1 Å². The van der Waals surface area contributed by atoms with Crippen molar-refractivity contribution in [3.05, 3.63) is 164 Å². The van der Waals surface area contributed by atoms with Crippen LogP contribution in [0.2, 0.25) is 0 Å². The number of carbonyl (C=O) groups is 3. The van der Waals surface area contributed by atoms with Gasteiger partial charge < -0.3 is 24.3 Å². The van der Waals surface area contributed by atoms with Crippen molar-refractivity contribution in [1.29, 1.82) is 0 Å². The van der Waals surface area contributed by atoms with Crippen LogP contribution in [0.5, 0.6) is 0 Å². The molecule has 0 unspecified atom stereocenters. The van der Waals surface area contributed by atoms with Crippen molar-refractivity contribution in [3.8, 4) is 0 Å². The highest BCUT2D eigenvalue weighted by atomic mass is 16.5. The molecule has 4 aromatic carbocycles. The van der Waals surface area contributed by atoms with Gasteiger partial charge in [-0.3, -0.25) is 19.2 Å². The Morgan fingerprint density at radius 1 is 0.638 bits per heavy atom. The zero-order valence-corrected chi connectivity index (χ0v) is 25.5. The van der Waals surface area contributed by atoms with Crippen LogP contribution in [0.15, 0.2) is 131 Å². The molecular weight excluding hydrogens is 598 g/mol. The summed E-state index contributed by atoms with van der Waals surface area (Å²) in [5.41, 5.74) is 2.54. The summed E-state index contributed by atoms with van der Waals surface area (Å²) in [4.78, 5) is 59.8. The molecule has 0 radical (unpaired) electrons. The predicted octanol–water partition coefficient (Wildman–Crippen LogP) is 4.70. The van der Waals surface area contributed by atoms with Crippen LogP contribution < -0.4 is 16.2 Å². The molecule has 0 spiro atoms. The van der Waals surface area contributed by atoms with Crippen LogP contribution in [0.4, 0.5) is 0 Å². The number of para-hydroxylation sites is 2. The number of nitrogens with zero attached hydrogens (tertiary/aromatic N) is 2. The second-order valence-electron chi connectivity index (χ2n) is 10.6. The number of aromatic nitrogens is 2. The quantitative estimate of drug-likeness (QED) is 0.233. The lowest BCUT2D eigenvalue weighted by atomic mass is 10.1. The second-order valence-corrected chi connectivity index (χ2v) is 10.6. The molecule has 0 aliphatic rings. The summed E-state index contributed by atoms with van der Waals surface area (Å²) >= 11 is 0. The first-order valence-corrected chi connectivity index (χ1v) is 14.7. The van der Waals surface area contributed by atoms with E-state index < -0.39 is 23.3 Å². The van der Waals surface area contributed by atoms with Crippen LogP contribution in [-0.2, 0) is 22.6 Å². The average molecular weight is 630 g/mol. The first kappa shape index (κ1) is 32.1. The molecule has 0 saturated heterocycles. The largest absolute Gasteiger partial charge is 0.477 e. The fourth-order valence-corrected chi connectivity index (χ4v) is 5.15. The lowest BCUT2D eigenvalue weighted by molar-refractivity contribution is -0.139. The van der Waals surface area contributed by atoms with Crippen molar-refractivity contribution in [1.82, 2.24) is 14.5 Å². The lowest BCUT2D eigenvalue weighted by Gasteiger charge is -2.13. The summed E-state index contributed by atoms with van der Waals surface area (Å²) in [6.45, 7) is 0.737. The zero-order chi connectivity index (χ0) is 33.3. The highest BCUT2D eigenvalue weighted by molar-refractivity contribution is 5.98. The Labute approximate surface area is 269 Å². The molecule has 0 fully saturated rings. The summed E-state index contributed by atoms with van der Waals surface area (Å²) < 4.78 is 8.16. The summed E-state index contributed by atoms with van der Waals surface area (Å²) in [5.74, 6) is -2.38. The van der Waals surface area contributed by atoms with Gasteiger partial charge in [-0.05, 0) is 35.4 Å². The molecule has 0 saturated carbocycles. The molecule has 0 atom stereocenters. The Kier molecular flexibility index (Phi) is 10.0. The number of esters is 1. The highest BCUT2D eigenvalue weighted by Crippen LogP contribution is 2.16. The summed E-state index contributed by atoms with van der Waals surface area (Å²) in [5, 5.41) is 12.5. The molecule has 2 heterocycles. The Morgan fingerprint density at radius 2 is 1.06 bits per heavy atom. The molecule has 0 aliphatic heterocycles. The molecule has 10 nitrogen and oxygen atoms in total. The minimum Gasteiger partial charge on any atom is -0.477 e. The topological polar surface area (TPSA) is 137 Å². The van der Waals surface area contributed by atoms with E-state index in [4.69, 9.17) is 0 Å². The number of amides is 1.